The number of nitro groups is 1. The lowest BCUT2D eigenvalue weighted by Gasteiger charge is -2.07. The number of nitrogens with zero attached hydrogens (tertiary/aromatic N) is 2. The fraction of sp³-hybridized carbons (Fsp3) is 0. The van der Waals surface area contributed by atoms with E-state index in [0.717, 1.165) is 0 Å². The number of nitro benzene ring substituents is 1. The first kappa shape index (κ1) is 14.6. The molecule has 2 aromatic rings. The standard InChI is InChI=1S/C12H7Br2N3O3/c13-9-3-2-8(17(19)20)5-10(9)16-12(18)7-1-4-11(14)15-6-7/h1-6H,(H,16,18). The number of pyridine rings is 1. The molecule has 1 N–H and O–H groups in total. The van der Waals surface area contributed by atoms with Crippen LogP contribution in [0.3, 0.4) is 0 Å². The van der Waals surface area contributed by atoms with Crippen LogP contribution in [0, 0.1) is 10.1 Å². The molecule has 0 unspecified atom stereocenters. The Morgan fingerprint density at radius 3 is 2.60 bits per heavy atom. The molecule has 1 heterocycles. The maximum atomic E-state index is 12.0. The summed E-state index contributed by atoms with van der Waals surface area (Å²) in [4.78, 5) is 26.1. The molecule has 102 valence electrons. The van der Waals surface area contributed by atoms with Crippen LogP contribution in [0.25, 0.3) is 0 Å². The number of rotatable bonds is 3. The molecule has 20 heavy (non-hydrogen) atoms. The summed E-state index contributed by atoms with van der Waals surface area (Å²) in [6.45, 7) is 0. The molecule has 8 heteroatoms. The molecule has 1 aromatic carbocycles. The monoisotopic (exact) mass is 399 g/mol. The summed E-state index contributed by atoms with van der Waals surface area (Å²) in [7, 11) is 0. The largest absolute Gasteiger partial charge is 0.321 e. The van der Waals surface area contributed by atoms with E-state index < -0.39 is 10.8 Å². The van der Waals surface area contributed by atoms with E-state index >= 15 is 0 Å². The van der Waals surface area contributed by atoms with Gasteiger partial charge in [-0.25, -0.2) is 4.98 Å². The average Bonchev–Trinajstić information content (AvgIpc) is 2.41. The average molecular weight is 401 g/mol. The minimum atomic E-state index is -0.525. The number of amides is 1. The van der Waals surface area contributed by atoms with Crippen LogP contribution < -0.4 is 5.32 Å². The van der Waals surface area contributed by atoms with Crippen LogP contribution in [0.15, 0.2) is 45.6 Å². The van der Waals surface area contributed by atoms with E-state index in [1.165, 1.54) is 24.4 Å². The highest BCUT2D eigenvalue weighted by atomic mass is 79.9. The molecular formula is C12H7Br2N3O3. The summed E-state index contributed by atoms with van der Waals surface area (Å²) in [6.07, 6.45) is 1.41. The number of carbonyl (C=O) groups is 1. The first-order chi connectivity index (χ1) is 9.47. The third-order valence-electron chi connectivity index (χ3n) is 2.40. The maximum Gasteiger partial charge on any atom is 0.271 e. The number of non-ortho nitro benzene ring substituents is 1. The van der Waals surface area contributed by atoms with Crippen molar-refractivity contribution in [2.75, 3.05) is 5.32 Å². The zero-order valence-corrected chi connectivity index (χ0v) is 13.0. The summed E-state index contributed by atoms with van der Waals surface area (Å²) in [6, 6.07) is 7.37. The highest BCUT2D eigenvalue weighted by molar-refractivity contribution is 9.10. The number of hydrogen-bond acceptors (Lipinski definition) is 4. The number of benzene rings is 1. The Hall–Kier alpha value is -1.80. The lowest BCUT2D eigenvalue weighted by Crippen LogP contribution is -2.12. The van der Waals surface area contributed by atoms with Crippen LogP contribution in [0.5, 0.6) is 0 Å². The maximum absolute atomic E-state index is 12.0. The zero-order valence-electron chi connectivity index (χ0n) is 9.84. The second-order valence-corrected chi connectivity index (χ2v) is 5.41. The van der Waals surface area contributed by atoms with E-state index in [1.807, 2.05) is 0 Å². The van der Waals surface area contributed by atoms with Crippen LogP contribution in [-0.4, -0.2) is 15.8 Å². The van der Waals surface area contributed by atoms with Crippen LogP contribution in [0.1, 0.15) is 10.4 Å². The van der Waals surface area contributed by atoms with E-state index in [2.05, 4.69) is 42.2 Å². The Morgan fingerprint density at radius 1 is 1.25 bits per heavy atom. The number of aromatic nitrogens is 1. The summed E-state index contributed by atoms with van der Waals surface area (Å²) in [5.74, 6) is -0.397. The van der Waals surface area contributed by atoms with Crippen molar-refractivity contribution in [3.63, 3.8) is 0 Å². The number of hydrogen-bond donors (Lipinski definition) is 1. The fourth-order valence-electron chi connectivity index (χ4n) is 1.43. The molecule has 6 nitrogen and oxygen atoms in total. The summed E-state index contributed by atoms with van der Waals surface area (Å²) in [5.41, 5.74) is 0.580. The van der Waals surface area contributed by atoms with Crippen LogP contribution >= 0.6 is 31.9 Å². The van der Waals surface area contributed by atoms with E-state index in [9.17, 15) is 14.9 Å². The Morgan fingerprint density at radius 2 is 2.00 bits per heavy atom. The summed E-state index contributed by atoms with van der Waals surface area (Å²) in [5, 5.41) is 13.3. The molecule has 0 saturated heterocycles. The predicted molar refractivity (Wildman–Crippen MR) is 80.7 cm³/mol. The van der Waals surface area contributed by atoms with E-state index in [4.69, 9.17) is 0 Å². The molecule has 0 atom stereocenters. The number of halogens is 2. The van der Waals surface area contributed by atoms with Gasteiger partial charge in [0.2, 0.25) is 0 Å². The molecule has 0 saturated carbocycles. The second kappa shape index (κ2) is 6.10. The molecule has 0 spiro atoms. The van der Waals surface area contributed by atoms with Crippen molar-refractivity contribution < 1.29 is 9.72 Å². The first-order valence-corrected chi connectivity index (χ1v) is 6.93. The summed E-state index contributed by atoms with van der Waals surface area (Å²) >= 11 is 6.40. The number of carbonyl (C=O) groups excluding carboxylic acids is 1. The third-order valence-corrected chi connectivity index (χ3v) is 3.56. The molecule has 2 rings (SSSR count). The van der Waals surface area contributed by atoms with Crippen LogP contribution in [0.2, 0.25) is 0 Å². The van der Waals surface area contributed by atoms with Crippen LogP contribution in [-0.2, 0) is 0 Å². The lowest BCUT2D eigenvalue weighted by molar-refractivity contribution is -0.384. The zero-order chi connectivity index (χ0) is 14.7. The van der Waals surface area contributed by atoms with Gasteiger partial charge in [0.15, 0.2) is 0 Å². The van der Waals surface area contributed by atoms with Crippen molar-refractivity contribution in [3.8, 4) is 0 Å². The van der Waals surface area contributed by atoms with Gasteiger partial charge in [-0.15, -0.1) is 0 Å². The van der Waals surface area contributed by atoms with E-state index in [-0.39, 0.29) is 5.69 Å². The van der Waals surface area contributed by atoms with Crippen molar-refractivity contribution >= 4 is 49.1 Å². The Labute approximate surface area is 130 Å². The molecule has 1 aromatic heterocycles. The van der Waals surface area contributed by atoms with E-state index in [1.54, 1.807) is 12.1 Å². The number of nitrogens with one attached hydrogen (secondary N) is 1. The van der Waals surface area contributed by atoms with Gasteiger partial charge in [0.1, 0.15) is 4.60 Å². The normalized spacial score (nSPS) is 10.1. The topological polar surface area (TPSA) is 85.1 Å². The molecule has 0 bridgehead atoms. The molecule has 0 radical (unpaired) electrons. The van der Waals surface area contributed by atoms with Gasteiger partial charge in [0, 0.05) is 22.8 Å². The van der Waals surface area contributed by atoms with Gasteiger partial charge in [-0.2, -0.15) is 0 Å². The predicted octanol–water partition coefficient (Wildman–Crippen LogP) is 3.77. The quantitative estimate of drug-likeness (QED) is 0.482. The van der Waals surface area contributed by atoms with Gasteiger partial charge in [-0.05, 0) is 50.1 Å². The van der Waals surface area contributed by atoms with Crippen molar-refractivity contribution in [2.45, 2.75) is 0 Å². The Kier molecular flexibility index (Phi) is 4.46. The van der Waals surface area contributed by atoms with Gasteiger partial charge >= 0.3 is 0 Å². The molecular weight excluding hydrogens is 394 g/mol. The van der Waals surface area contributed by atoms with E-state index in [0.29, 0.717) is 20.3 Å². The van der Waals surface area contributed by atoms with Crippen LogP contribution in [0.4, 0.5) is 11.4 Å². The number of anilines is 1. The Balaban J connectivity index is 2.25. The first-order valence-electron chi connectivity index (χ1n) is 5.34. The third kappa shape index (κ3) is 3.40. The van der Waals surface area contributed by atoms with Gasteiger partial charge < -0.3 is 5.32 Å². The Bertz CT molecular complexity index is 674. The minimum Gasteiger partial charge on any atom is -0.321 e. The molecule has 0 aliphatic rings. The minimum absolute atomic E-state index is 0.0996. The highest BCUT2D eigenvalue weighted by Gasteiger charge is 2.13. The summed E-state index contributed by atoms with van der Waals surface area (Å²) < 4.78 is 1.17. The van der Waals surface area contributed by atoms with Crippen molar-refractivity contribution in [2.24, 2.45) is 0 Å². The van der Waals surface area contributed by atoms with Gasteiger partial charge in [0.25, 0.3) is 11.6 Å². The molecule has 0 aliphatic carbocycles. The van der Waals surface area contributed by atoms with Gasteiger partial charge in [0.05, 0.1) is 16.2 Å². The SMILES string of the molecule is O=C(Nc1cc([N+](=O)[O-])ccc1Br)c1ccc(Br)nc1. The van der Waals surface area contributed by atoms with Gasteiger partial charge in [-0.3, -0.25) is 14.9 Å². The fourth-order valence-corrected chi connectivity index (χ4v) is 2.01. The van der Waals surface area contributed by atoms with Crippen molar-refractivity contribution in [1.29, 1.82) is 0 Å². The molecule has 1 amide bonds. The lowest BCUT2D eigenvalue weighted by atomic mass is 10.2. The van der Waals surface area contributed by atoms with Gasteiger partial charge in [-0.1, -0.05) is 0 Å². The highest BCUT2D eigenvalue weighted by Crippen LogP contribution is 2.27. The smallest absolute Gasteiger partial charge is 0.271 e. The molecule has 0 fully saturated rings. The second-order valence-electron chi connectivity index (χ2n) is 3.74. The van der Waals surface area contributed by atoms with Crippen molar-refractivity contribution in [3.05, 3.63) is 61.3 Å². The van der Waals surface area contributed by atoms with Crippen molar-refractivity contribution in [1.82, 2.24) is 4.98 Å². The molecule has 0 aliphatic heterocycles.